The molecule has 7 heavy (non-hydrogen) atoms. The lowest BCUT2D eigenvalue weighted by Gasteiger charge is -2.17. The average molecular weight is 101 g/mol. The Morgan fingerprint density at radius 1 is 1.71 bits per heavy atom. The van der Waals surface area contributed by atoms with E-state index >= 15 is 0 Å². The summed E-state index contributed by atoms with van der Waals surface area (Å²) in [6, 6.07) is 0. The van der Waals surface area contributed by atoms with Crippen LogP contribution in [-0.2, 0) is 4.84 Å². The van der Waals surface area contributed by atoms with E-state index in [9.17, 15) is 0 Å². The zero-order valence-corrected chi connectivity index (χ0v) is 4.61. The highest BCUT2D eigenvalue weighted by Crippen LogP contribution is 2.03. The number of hydrogen-bond acceptors (Lipinski definition) is 2. The molecule has 2 heteroatoms. The van der Waals surface area contributed by atoms with Gasteiger partial charge in [0.15, 0.2) is 0 Å². The van der Waals surface area contributed by atoms with Gasteiger partial charge < -0.3 is 4.84 Å². The van der Waals surface area contributed by atoms with Gasteiger partial charge >= 0.3 is 0 Å². The maximum Gasteiger partial charge on any atom is 0.0708 e. The molecule has 0 aromatic carbocycles. The van der Waals surface area contributed by atoms with Crippen molar-refractivity contribution in [3.63, 3.8) is 0 Å². The molecule has 1 N–H and O–H groups in total. The second kappa shape index (κ2) is 2.28. The van der Waals surface area contributed by atoms with E-state index in [0.717, 1.165) is 19.1 Å². The summed E-state index contributed by atoms with van der Waals surface area (Å²) in [5.74, 6) is 0.751. The third-order valence-corrected chi connectivity index (χ3v) is 1.21. The summed E-state index contributed by atoms with van der Waals surface area (Å²) in [5.41, 5.74) is 2.82. The first-order valence-electron chi connectivity index (χ1n) is 2.74. The molecule has 0 amide bonds. The molecular formula is C5H11NO. The summed E-state index contributed by atoms with van der Waals surface area (Å²) in [7, 11) is 0. The van der Waals surface area contributed by atoms with E-state index in [1.807, 2.05) is 0 Å². The quantitative estimate of drug-likeness (QED) is 0.481. The Bertz CT molecular complexity index is 50.0. The van der Waals surface area contributed by atoms with Crippen molar-refractivity contribution in [3.05, 3.63) is 0 Å². The molecule has 42 valence electrons. The zero-order chi connectivity index (χ0) is 5.11. The predicted octanol–water partition coefficient (Wildman–Crippen LogP) is 0.547. The average Bonchev–Trinajstić information content (AvgIpc) is 1.69. The molecule has 1 fully saturated rings. The minimum Gasteiger partial charge on any atom is -0.302 e. The van der Waals surface area contributed by atoms with Crippen LogP contribution in [-0.4, -0.2) is 13.2 Å². The van der Waals surface area contributed by atoms with Gasteiger partial charge in [-0.05, 0) is 12.3 Å². The Kier molecular flexibility index (Phi) is 1.65. The predicted molar refractivity (Wildman–Crippen MR) is 27.7 cm³/mol. The number of hydrogen-bond donors (Lipinski definition) is 1. The Labute approximate surface area is 43.8 Å². The number of nitrogens with one attached hydrogen (secondary N) is 1. The normalized spacial score (nSPS) is 33.0. The van der Waals surface area contributed by atoms with Crippen molar-refractivity contribution in [2.75, 3.05) is 13.2 Å². The molecule has 0 spiro atoms. The molecule has 0 bridgehead atoms. The summed E-state index contributed by atoms with van der Waals surface area (Å²) in [5, 5.41) is 0. The third kappa shape index (κ3) is 1.45. The lowest BCUT2D eigenvalue weighted by atomic mass is 10.1. The van der Waals surface area contributed by atoms with Gasteiger partial charge in [0.05, 0.1) is 6.61 Å². The van der Waals surface area contributed by atoms with E-state index in [0.29, 0.717) is 0 Å². The summed E-state index contributed by atoms with van der Waals surface area (Å²) in [6.45, 7) is 4.09. The van der Waals surface area contributed by atoms with Crippen LogP contribution >= 0.6 is 0 Å². The fourth-order valence-corrected chi connectivity index (χ4v) is 0.662. The molecule has 0 aliphatic carbocycles. The molecule has 0 aromatic rings. The SMILES string of the molecule is CC1CCNOC1. The fraction of sp³-hybridized carbons (Fsp3) is 1.00. The third-order valence-electron chi connectivity index (χ3n) is 1.21. The summed E-state index contributed by atoms with van der Waals surface area (Å²) in [4.78, 5) is 4.93. The molecule has 0 saturated carbocycles. The van der Waals surface area contributed by atoms with Gasteiger partial charge in [-0.25, -0.2) is 5.48 Å². The second-order valence-electron chi connectivity index (χ2n) is 2.10. The van der Waals surface area contributed by atoms with E-state index in [-0.39, 0.29) is 0 Å². The molecule has 1 unspecified atom stereocenters. The summed E-state index contributed by atoms with van der Waals surface area (Å²) < 4.78 is 0. The van der Waals surface area contributed by atoms with Crippen molar-refractivity contribution >= 4 is 0 Å². The molecule has 0 radical (unpaired) electrons. The molecule has 1 aliphatic rings. The van der Waals surface area contributed by atoms with Crippen LogP contribution in [0.15, 0.2) is 0 Å². The van der Waals surface area contributed by atoms with Gasteiger partial charge in [-0.3, -0.25) is 0 Å². The van der Waals surface area contributed by atoms with Gasteiger partial charge in [-0.1, -0.05) is 6.92 Å². The Hall–Kier alpha value is -0.0800. The standard InChI is InChI=1S/C5H11NO/c1-5-2-3-6-7-4-5/h5-6H,2-4H2,1H3. The van der Waals surface area contributed by atoms with Crippen molar-refractivity contribution < 1.29 is 4.84 Å². The van der Waals surface area contributed by atoms with Gasteiger partial charge in [0.2, 0.25) is 0 Å². The minimum atomic E-state index is 0.751. The molecular weight excluding hydrogens is 90.1 g/mol. The molecule has 2 nitrogen and oxygen atoms in total. The topological polar surface area (TPSA) is 21.3 Å². The van der Waals surface area contributed by atoms with Gasteiger partial charge in [0.1, 0.15) is 0 Å². The van der Waals surface area contributed by atoms with Gasteiger partial charge in [-0.15, -0.1) is 0 Å². The molecule has 1 atom stereocenters. The van der Waals surface area contributed by atoms with E-state index in [1.54, 1.807) is 0 Å². The van der Waals surface area contributed by atoms with Crippen LogP contribution in [0.1, 0.15) is 13.3 Å². The smallest absolute Gasteiger partial charge is 0.0708 e. The Morgan fingerprint density at radius 2 is 2.57 bits per heavy atom. The zero-order valence-electron chi connectivity index (χ0n) is 4.61. The van der Waals surface area contributed by atoms with Crippen LogP contribution < -0.4 is 5.48 Å². The van der Waals surface area contributed by atoms with Gasteiger partial charge in [0.25, 0.3) is 0 Å². The van der Waals surface area contributed by atoms with Crippen molar-refractivity contribution in [2.24, 2.45) is 5.92 Å². The largest absolute Gasteiger partial charge is 0.302 e. The van der Waals surface area contributed by atoms with Crippen LogP contribution in [0.5, 0.6) is 0 Å². The lowest BCUT2D eigenvalue weighted by Crippen LogP contribution is -2.27. The molecule has 1 saturated heterocycles. The lowest BCUT2D eigenvalue weighted by molar-refractivity contribution is -0.0139. The highest BCUT2D eigenvalue weighted by Gasteiger charge is 2.05. The first-order valence-corrected chi connectivity index (χ1v) is 2.74. The number of hydroxylamine groups is 1. The highest BCUT2D eigenvalue weighted by molar-refractivity contribution is 4.54. The molecule has 0 aromatic heterocycles. The molecule has 1 rings (SSSR count). The summed E-state index contributed by atoms with van der Waals surface area (Å²) in [6.07, 6.45) is 1.25. The van der Waals surface area contributed by atoms with Crippen molar-refractivity contribution in [1.29, 1.82) is 0 Å². The van der Waals surface area contributed by atoms with Crippen LogP contribution in [0.3, 0.4) is 0 Å². The van der Waals surface area contributed by atoms with Crippen LogP contribution in [0.4, 0.5) is 0 Å². The van der Waals surface area contributed by atoms with E-state index in [2.05, 4.69) is 12.4 Å². The van der Waals surface area contributed by atoms with E-state index < -0.39 is 0 Å². The van der Waals surface area contributed by atoms with Crippen LogP contribution in [0.25, 0.3) is 0 Å². The van der Waals surface area contributed by atoms with Gasteiger partial charge in [-0.2, -0.15) is 0 Å². The van der Waals surface area contributed by atoms with Crippen molar-refractivity contribution in [2.45, 2.75) is 13.3 Å². The Balaban J connectivity index is 2.12. The van der Waals surface area contributed by atoms with Crippen molar-refractivity contribution in [1.82, 2.24) is 5.48 Å². The fourth-order valence-electron chi connectivity index (χ4n) is 0.662. The highest BCUT2D eigenvalue weighted by atomic mass is 16.6. The molecule has 1 heterocycles. The Morgan fingerprint density at radius 3 is 2.86 bits per heavy atom. The maximum absolute atomic E-state index is 4.93. The van der Waals surface area contributed by atoms with E-state index in [1.165, 1.54) is 6.42 Å². The summed E-state index contributed by atoms with van der Waals surface area (Å²) >= 11 is 0. The minimum absolute atomic E-state index is 0.751. The van der Waals surface area contributed by atoms with Crippen LogP contribution in [0, 0.1) is 5.92 Å². The van der Waals surface area contributed by atoms with Crippen LogP contribution in [0.2, 0.25) is 0 Å². The monoisotopic (exact) mass is 101 g/mol. The first kappa shape index (κ1) is 5.06. The van der Waals surface area contributed by atoms with E-state index in [4.69, 9.17) is 4.84 Å². The van der Waals surface area contributed by atoms with Gasteiger partial charge in [0, 0.05) is 6.54 Å². The maximum atomic E-state index is 4.93. The van der Waals surface area contributed by atoms with Crippen molar-refractivity contribution in [3.8, 4) is 0 Å². The number of rotatable bonds is 0. The second-order valence-corrected chi connectivity index (χ2v) is 2.10. The molecule has 1 aliphatic heterocycles. The first-order chi connectivity index (χ1) is 3.39.